The van der Waals surface area contributed by atoms with Crippen LogP contribution in [0.5, 0.6) is 0 Å². The average Bonchev–Trinajstić information content (AvgIpc) is 2.27. The standard InChI is InChI=1S/C15H23NO/c1-5-12-7-6-8-13(11-12)14(17)9-10-16-15(2,3)4/h6-8,11,16H,5,9-10H2,1-4H3. The van der Waals surface area contributed by atoms with Crippen molar-refractivity contribution in [3.05, 3.63) is 35.4 Å². The van der Waals surface area contributed by atoms with E-state index in [-0.39, 0.29) is 11.3 Å². The van der Waals surface area contributed by atoms with E-state index < -0.39 is 0 Å². The number of carbonyl (C=O) groups excluding carboxylic acids is 1. The molecule has 0 unspecified atom stereocenters. The summed E-state index contributed by atoms with van der Waals surface area (Å²) in [7, 11) is 0. The highest BCUT2D eigenvalue weighted by atomic mass is 16.1. The molecule has 0 aliphatic rings. The summed E-state index contributed by atoms with van der Waals surface area (Å²) in [6.45, 7) is 9.16. The molecule has 0 atom stereocenters. The van der Waals surface area contributed by atoms with Gasteiger partial charge in [0.15, 0.2) is 5.78 Å². The van der Waals surface area contributed by atoms with Crippen LogP contribution in [0.2, 0.25) is 0 Å². The fourth-order valence-corrected chi connectivity index (χ4v) is 1.66. The first-order valence-electron chi connectivity index (χ1n) is 6.29. The fraction of sp³-hybridized carbons (Fsp3) is 0.533. The molecule has 94 valence electrons. The van der Waals surface area contributed by atoms with E-state index >= 15 is 0 Å². The van der Waals surface area contributed by atoms with Crippen LogP contribution in [0.3, 0.4) is 0 Å². The first kappa shape index (κ1) is 13.9. The summed E-state index contributed by atoms with van der Waals surface area (Å²) < 4.78 is 0. The first-order valence-corrected chi connectivity index (χ1v) is 6.29. The molecule has 2 heteroatoms. The lowest BCUT2D eigenvalue weighted by molar-refractivity contribution is 0.0980. The van der Waals surface area contributed by atoms with Gasteiger partial charge in [0, 0.05) is 24.1 Å². The third kappa shape index (κ3) is 5.14. The van der Waals surface area contributed by atoms with Crippen LogP contribution in [0.4, 0.5) is 0 Å². The zero-order chi connectivity index (χ0) is 12.9. The maximum atomic E-state index is 12.0. The van der Waals surface area contributed by atoms with E-state index in [1.54, 1.807) is 0 Å². The molecule has 0 radical (unpaired) electrons. The molecule has 0 saturated carbocycles. The van der Waals surface area contributed by atoms with Crippen molar-refractivity contribution < 1.29 is 4.79 Å². The number of aryl methyl sites for hydroxylation is 1. The Hall–Kier alpha value is -1.15. The van der Waals surface area contributed by atoms with Crippen molar-refractivity contribution in [3.8, 4) is 0 Å². The van der Waals surface area contributed by atoms with E-state index in [1.807, 2.05) is 18.2 Å². The molecule has 1 aromatic rings. The van der Waals surface area contributed by atoms with Crippen LogP contribution in [0.1, 0.15) is 50.0 Å². The van der Waals surface area contributed by atoms with Gasteiger partial charge < -0.3 is 5.32 Å². The van der Waals surface area contributed by atoms with Gasteiger partial charge in [-0.1, -0.05) is 25.1 Å². The van der Waals surface area contributed by atoms with Gasteiger partial charge in [-0.3, -0.25) is 4.79 Å². The van der Waals surface area contributed by atoms with Crippen LogP contribution in [0.15, 0.2) is 24.3 Å². The van der Waals surface area contributed by atoms with Crippen LogP contribution in [-0.4, -0.2) is 17.9 Å². The van der Waals surface area contributed by atoms with Crippen molar-refractivity contribution >= 4 is 5.78 Å². The summed E-state index contributed by atoms with van der Waals surface area (Å²) in [5.41, 5.74) is 2.13. The van der Waals surface area contributed by atoms with Gasteiger partial charge in [-0.25, -0.2) is 0 Å². The highest BCUT2D eigenvalue weighted by molar-refractivity contribution is 5.96. The minimum absolute atomic E-state index is 0.0749. The van der Waals surface area contributed by atoms with Crippen LogP contribution in [-0.2, 0) is 6.42 Å². The average molecular weight is 233 g/mol. The number of carbonyl (C=O) groups is 1. The van der Waals surface area contributed by atoms with Gasteiger partial charge >= 0.3 is 0 Å². The van der Waals surface area contributed by atoms with Crippen molar-refractivity contribution in [2.24, 2.45) is 0 Å². The number of rotatable bonds is 5. The molecule has 1 N–H and O–H groups in total. The second-order valence-corrected chi connectivity index (χ2v) is 5.40. The largest absolute Gasteiger partial charge is 0.312 e. The third-order valence-corrected chi connectivity index (χ3v) is 2.66. The second-order valence-electron chi connectivity index (χ2n) is 5.40. The van der Waals surface area contributed by atoms with Gasteiger partial charge in [0.05, 0.1) is 0 Å². The highest BCUT2D eigenvalue weighted by Gasteiger charge is 2.10. The molecule has 1 aromatic carbocycles. The normalized spacial score (nSPS) is 11.5. The lowest BCUT2D eigenvalue weighted by Gasteiger charge is -2.20. The van der Waals surface area contributed by atoms with Gasteiger partial charge in [0.2, 0.25) is 0 Å². The molecule has 0 aliphatic carbocycles. The second kappa shape index (κ2) is 5.97. The molecule has 1 rings (SSSR count). The Morgan fingerprint density at radius 1 is 1.29 bits per heavy atom. The summed E-state index contributed by atoms with van der Waals surface area (Å²) >= 11 is 0. The van der Waals surface area contributed by atoms with Gasteiger partial charge in [0.25, 0.3) is 0 Å². The fourth-order valence-electron chi connectivity index (χ4n) is 1.66. The van der Waals surface area contributed by atoms with Crippen LogP contribution < -0.4 is 5.32 Å². The molecule has 2 nitrogen and oxygen atoms in total. The molecule has 0 saturated heterocycles. The quantitative estimate of drug-likeness (QED) is 0.791. The smallest absolute Gasteiger partial charge is 0.164 e. The lowest BCUT2D eigenvalue weighted by atomic mass is 10.0. The Bertz CT molecular complexity index is 377. The summed E-state index contributed by atoms with van der Waals surface area (Å²) in [5, 5.41) is 3.33. The monoisotopic (exact) mass is 233 g/mol. The van der Waals surface area contributed by atoms with Gasteiger partial charge in [-0.15, -0.1) is 0 Å². The van der Waals surface area contributed by atoms with Crippen molar-refractivity contribution in [1.29, 1.82) is 0 Å². The van der Waals surface area contributed by atoms with Gasteiger partial charge in [0.1, 0.15) is 0 Å². The zero-order valence-electron chi connectivity index (χ0n) is 11.3. The van der Waals surface area contributed by atoms with E-state index in [2.05, 4.69) is 39.1 Å². The Kier molecular flexibility index (Phi) is 4.88. The van der Waals surface area contributed by atoms with Gasteiger partial charge in [-0.2, -0.15) is 0 Å². The van der Waals surface area contributed by atoms with Crippen molar-refractivity contribution in [2.75, 3.05) is 6.54 Å². The molecule has 0 aromatic heterocycles. The third-order valence-electron chi connectivity index (χ3n) is 2.66. The number of hydrogen-bond acceptors (Lipinski definition) is 2. The molecule has 0 spiro atoms. The minimum atomic E-state index is 0.0749. The first-order chi connectivity index (χ1) is 7.92. The number of Topliss-reactive ketones (excluding diaryl/α,β-unsaturated/α-hetero) is 1. The Balaban J connectivity index is 2.52. The molecule has 0 heterocycles. The van der Waals surface area contributed by atoms with E-state index in [0.29, 0.717) is 6.42 Å². The van der Waals surface area contributed by atoms with Gasteiger partial charge in [-0.05, 0) is 38.8 Å². The number of hydrogen-bond donors (Lipinski definition) is 1. The molecule has 0 amide bonds. The zero-order valence-corrected chi connectivity index (χ0v) is 11.3. The van der Waals surface area contributed by atoms with Crippen molar-refractivity contribution in [3.63, 3.8) is 0 Å². The summed E-state index contributed by atoms with van der Waals surface area (Å²) in [4.78, 5) is 12.0. The molecule has 17 heavy (non-hydrogen) atoms. The molecular weight excluding hydrogens is 210 g/mol. The lowest BCUT2D eigenvalue weighted by Crippen LogP contribution is -2.37. The minimum Gasteiger partial charge on any atom is -0.312 e. The summed E-state index contributed by atoms with van der Waals surface area (Å²) in [5.74, 6) is 0.219. The topological polar surface area (TPSA) is 29.1 Å². The van der Waals surface area contributed by atoms with Crippen LogP contribution >= 0.6 is 0 Å². The van der Waals surface area contributed by atoms with E-state index in [9.17, 15) is 4.79 Å². The number of ketones is 1. The Morgan fingerprint density at radius 3 is 2.59 bits per heavy atom. The van der Waals surface area contributed by atoms with Crippen LogP contribution in [0.25, 0.3) is 0 Å². The predicted molar refractivity (Wildman–Crippen MR) is 72.5 cm³/mol. The molecule has 0 aliphatic heterocycles. The number of nitrogens with one attached hydrogen (secondary N) is 1. The van der Waals surface area contributed by atoms with E-state index in [0.717, 1.165) is 18.5 Å². The summed E-state index contributed by atoms with van der Waals surface area (Å²) in [6, 6.07) is 7.92. The highest BCUT2D eigenvalue weighted by Crippen LogP contribution is 2.08. The van der Waals surface area contributed by atoms with Crippen molar-refractivity contribution in [1.82, 2.24) is 5.32 Å². The Labute approximate surface area is 104 Å². The SMILES string of the molecule is CCc1cccc(C(=O)CCNC(C)(C)C)c1. The maximum Gasteiger partial charge on any atom is 0.164 e. The molecule has 0 fully saturated rings. The van der Waals surface area contributed by atoms with Crippen LogP contribution in [0, 0.1) is 0 Å². The predicted octanol–water partition coefficient (Wildman–Crippen LogP) is 3.21. The Morgan fingerprint density at radius 2 is 2.00 bits per heavy atom. The van der Waals surface area contributed by atoms with Crippen molar-refractivity contribution in [2.45, 2.75) is 46.1 Å². The molecule has 0 bridgehead atoms. The number of benzene rings is 1. The molecular formula is C15H23NO. The maximum absolute atomic E-state index is 12.0. The van der Waals surface area contributed by atoms with E-state index in [1.165, 1.54) is 5.56 Å². The summed E-state index contributed by atoms with van der Waals surface area (Å²) in [6.07, 6.45) is 1.53. The van der Waals surface area contributed by atoms with E-state index in [4.69, 9.17) is 0 Å².